The van der Waals surface area contributed by atoms with Gasteiger partial charge in [0, 0.05) is 12.3 Å². The van der Waals surface area contributed by atoms with Gasteiger partial charge in [-0.25, -0.2) is 0 Å². The summed E-state index contributed by atoms with van der Waals surface area (Å²) in [7, 11) is 0. The van der Waals surface area contributed by atoms with Gasteiger partial charge in [-0.2, -0.15) is 0 Å². The van der Waals surface area contributed by atoms with Gasteiger partial charge in [0.05, 0.1) is 92.5 Å². The van der Waals surface area contributed by atoms with Crippen molar-refractivity contribution in [3.63, 3.8) is 0 Å². The Morgan fingerprint density at radius 1 is 0.702 bits per heavy atom. The number of amides is 1. The van der Waals surface area contributed by atoms with E-state index >= 15 is 0 Å². The molecule has 0 unspecified atom stereocenters. The number of nitrogens with one attached hydrogen (secondary N) is 1. The molecule has 5 atom stereocenters. The van der Waals surface area contributed by atoms with Gasteiger partial charge in [-0.1, -0.05) is 76.6 Å². The highest BCUT2D eigenvalue weighted by atomic mass is 79.9. The van der Waals surface area contributed by atoms with Crippen molar-refractivity contribution >= 4 is 21.8 Å². The third-order valence-electron chi connectivity index (χ3n) is 6.94. The Morgan fingerprint density at radius 2 is 1.19 bits per heavy atom. The molecular formula is C34H50BrNO11. The molecule has 47 heavy (non-hydrogen) atoms. The van der Waals surface area contributed by atoms with Crippen molar-refractivity contribution < 1.29 is 52.5 Å². The van der Waals surface area contributed by atoms with E-state index in [9.17, 15) is 9.90 Å². The first-order valence-corrected chi connectivity index (χ1v) is 17.1. The third-order valence-corrected chi connectivity index (χ3v) is 7.27. The van der Waals surface area contributed by atoms with Crippen molar-refractivity contribution in [3.05, 3.63) is 71.8 Å². The van der Waals surface area contributed by atoms with Gasteiger partial charge in [-0.3, -0.25) is 4.79 Å². The molecule has 12 nitrogen and oxygen atoms in total. The van der Waals surface area contributed by atoms with Crippen LogP contribution in [0.15, 0.2) is 60.7 Å². The van der Waals surface area contributed by atoms with Crippen LogP contribution in [0.2, 0.25) is 0 Å². The van der Waals surface area contributed by atoms with E-state index in [0.717, 1.165) is 16.5 Å². The number of halogens is 1. The first kappa shape index (κ1) is 39.4. The standard InChI is InChI=1S/C34H50BrNO11/c1-27(37)36-31-33(46-25-29-10-6-3-7-11-29)32(38)30(26-44-24-28-8-4-2-5-9-28)47-34(31)45-23-22-43-21-20-42-19-18-41-17-16-40-15-14-39-13-12-35/h2-11,30-34,38H,12-26H2,1H3,(H,36,37)/t30-,31-,32-,33-,34-/m1/s1. The first-order valence-electron chi connectivity index (χ1n) is 16.0. The number of rotatable bonds is 26. The van der Waals surface area contributed by atoms with Gasteiger partial charge in [0.15, 0.2) is 6.29 Å². The quantitative estimate of drug-likeness (QED) is 0.110. The van der Waals surface area contributed by atoms with Gasteiger partial charge in [-0.05, 0) is 11.1 Å². The molecule has 3 rings (SSSR count). The molecule has 0 spiro atoms. The number of aliphatic hydroxyl groups is 1. The van der Waals surface area contributed by atoms with E-state index in [1.165, 1.54) is 6.92 Å². The van der Waals surface area contributed by atoms with E-state index in [1.54, 1.807) is 0 Å². The molecule has 264 valence electrons. The molecule has 0 radical (unpaired) electrons. The maximum absolute atomic E-state index is 12.2. The maximum Gasteiger partial charge on any atom is 0.217 e. The van der Waals surface area contributed by atoms with Gasteiger partial charge in [0.1, 0.15) is 24.4 Å². The fourth-order valence-electron chi connectivity index (χ4n) is 4.68. The lowest BCUT2D eigenvalue weighted by molar-refractivity contribution is -0.282. The average Bonchev–Trinajstić information content (AvgIpc) is 3.08. The summed E-state index contributed by atoms with van der Waals surface area (Å²) in [6.45, 7) is 7.03. The van der Waals surface area contributed by atoms with Crippen LogP contribution in [0, 0.1) is 0 Å². The largest absolute Gasteiger partial charge is 0.388 e. The second kappa shape index (κ2) is 25.0. The molecule has 1 heterocycles. The van der Waals surface area contributed by atoms with E-state index in [2.05, 4.69) is 21.2 Å². The van der Waals surface area contributed by atoms with E-state index in [1.807, 2.05) is 60.7 Å². The minimum absolute atomic E-state index is 0.102. The molecule has 1 saturated heterocycles. The molecule has 0 aromatic heterocycles. The molecule has 13 heteroatoms. The zero-order chi connectivity index (χ0) is 33.4. The van der Waals surface area contributed by atoms with Crippen molar-refractivity contribution in [2.75, 3.05) is 84.6 Å². The molecule has 0 aliphatic carbocycles. The zero-order valence-electron chi connectivity index (χ0n) is 27.2. The van der Waals surface area contributed by atoms with Crippen LogP contribution in [0.5, 0.6) is 0 Å². The predicted molar refractivity (Wildman–Crippen MR) is 177 cm³/mol. The Bertz CT molecular complexity index is 1050. The number of hydrogen-bond donors (Lipinski definition) is 2. The van der Waals surface area contributed by atoms with Crippen molar-refractivity contribution in [2.24, 2.45) is 0 Å². The van der Waals surface area contributed by atoms with E-state index < -0.39 is 30.6 Å². The number of carbonyl (C=O) groups is 1. The van der Waals surface area contributed by atoms with Gasteiger partial charge in [-0.15, -0.1) is 0 Å². The number of ether oxygens (including phenoxy) is 9. The highest BCUT2D eigenvalue weighted by Gasteiger charge is 2.47. The Labute approximate surface area is 286 Å². The van der Waals surface area contributed by atoms with Crippen molar-refractivity contribution in [1.82, 2.24) is 5.32 Å². The maximum atomic E-state index is 12.2. The Kier molecular flexibility index (Phi) is 21.0. The fraction of sp³-hybridized carbons (Fsp3) is 0.618. The molecular weight excluding hydrogens is 678 g/mol. The van der Waals surface area contributed by atoms with Gasteiger partial charge >= 0.3 is 0 Å². The molecule has 2 aromatic carbocycles. The predicted octanol–water partition coefficient (Wildman–Crippen LogP) is 2.87. The van der Waals surface area contributed by atoms with Crippen LogP contribution in [-0.4, -0.2) is 126 Å². The number of carbonyl (C=O) groups excluding carboxylic acids is 1. The summed E-state index contributed by atoms with van der Waals surface area (Å²) in [5.74, 6) is -0.299. The molecule has 1 fully saturated rings. The number of aliphatic hydroxyl groups excluding tert-OH is 1. The van der Waals surface area contributed by atoms with Crippen LogP contribution in [0.3, 0.4) is 0 Å². The normalized spacial score (nSPS) is 21.1. The fourth-order valence-corrected chi connectivity index (χ4v) is 4.91. The highest BCUT2D eigenvalue weighted by molar-refractivity contribution is 9.09. The first-order chi connectivity index (χ1) is 23.1. The summed E-state index contributed by atoms with van der Waals surface area (Å²) < 4.78 is 51.7. The van der Waals surface area contributed by atoms with Crippen LogP contribution in [0.4, 0.5) is 0 Å². The van der Waals surface area contributed by atoms with Crippen molar-refractivity contribution in [1.29, 1.82) is 0 Å². The molecule has 1 aliphatic rings. The van der Waals surface area contributed by atoms with Gasteiger partial charge in [0.25, 0.3) is 0 Å². The van der Waals surface area contributed by atoms with Crippen LogP contribution in [0.25, 0.3) is 0 Å². The molecule has 2 aromatic rings. The lowest BCUT2D eigenvalue weighted by Gasteiger charge is -2.44. The van der Waals surface area contributed by atoms with E-state index in [0.29, 0.717) is 66.1 Å². The smallest absolute Gasteiger partial charge is 0.217 e. The topological polar surface area (TPSA) is 132 Å². The zero-order valence-corrected chi connectivity index (χ0v) is 28.8. The minimum Gasteiger partial charge on any atom is -0.388 e. The summed E-state index contributed by atoms with van der Waals surface area (Å²) in [5.41, 5.74) is 1.93. The third kappa shape index (κ3) is 16.8. The van der Waals surface area contributed by atoms with Crippen LogP contribution >= 0.6 is 15.9 Å². The van der Waals surface area contributed by atoms with Gasteiger partial charge < -0.3 is 53.1 Å². The monoisotopic (exact) mass is 727 g/mol. The number of benzene rings is 2. The van der Waals surface area contributed by atoms with Crippen LogP contribution < -0.4 is 5.32 Å². The molecule has 1 amide bonds. The molecule has 0 saturated carbocycles. The second-order valence-corrected chi connectivity index (χ2v) is 11.4. The Balaban J connectivity index is 1.40. The van der Waals surface area contributed by atoms with Crippen molar-refractivity contribution in [3.8, 4) is 0 Å². The van der Waals surface area contributed by atoms with Crippen LogP contribution in [-0.2, 0) is 60.6 Å². The lowest BCUT2D eigenvalue weighted by Crippen LogP contribution is -2.65. The minimum atomic E-state index is -1.08. The van der Waals surface area contributed by atoms with E-state index in [-0.39, 0.29) is 32.3 Å². The average molecular weight is 729 g/mol. The highest BCUT2D eigenvalue weighted by Crippen LogP contribution is 2.26. The SMILES string of the molecule is CC(=O)N[C@H]1[C@H](OCCOCCOCCOCCOCCOCCBr)O[C@H](COCc2ccccc2)[C@@H](O)[C@@H]1OCc1ccccc1. The van der Waals surface area contributed by atoms with Crippen molar-refractivity contribution in [2.45, 2.75) is 50.8 Å². The number of hydrogen-bond acceptors (Lipinski definition) is 11. The lowest BCUT2D eigenvalue weighted by atomic mass is 9.96. The Hall–Kier alpha value is -2.01. The molecule has 1 aliphatic heterocycles. The molecule has 0 bridgehead atoms. The van der Waals surface area contributed by atoms with Crippen LogP contribution in [0.1, 0.15) is 18.1 Å². The number of alkyl halides is 1. The second-order valence-electron chi connectivity index (χ2n) is 10.6. The van der Waals surface area contributed by atoms with Gasteiger partial charge in [0.2, 0.25) is 5.91 Å². The molecule has 2 N–H and O–H groups in total. The summed E-state index contributed by atoms with van der Waals surface area (Å²) >= 11 is 3.30. The summed E-state index contributed by atoms with van der Waals surface area (Å²) in [6.07, 6.45) is -3.56. The summed E-state index contributed by atoms with van der Waals surface area (Å²) in [4.78, 5) is 12.2. The summed E-state index contributed by atoms with van der Waals surface area (Å²) in [6, 6.07) is 18.6. The Morgan fingerprint density at radius 3 is 1.70 bits per heavy atom. The van der Waals surface area contributed by atoms with E-state index in [4.69, 9.17) is 42.6 Å². The summed E-state index contributed by atoms with van der Waals surface area (Å²) in [5, 5.41) is 15.0.